The molecule has 1 aliphatic rings. The van der Waals surface area contributed by atoms with Gasteiger partial charge in [0.15, 0.2) is 6.10 Å². The second-order valence-corrected chi connectivity index (χ2v) is 8.53. The van der Waals surface area contributed by atoms with Crippen molar-refractivity contribution in [3.8, 4) is 5.75 Å². The molecule has 2 aromatic rings. The van der Waals surface area contributed by atoms with Gasteiger partial charge in [-0.3, -0.25) is 9.69 Å². The zero-order chi connectivity index (χ0) is 21.5. The maximum absolute atomic E-state index is 12.4. The largest absolute Gasteiger partial charge is 0.481 e. The average Bonchev–Trinajstić information content (AvgIpc) is 2.74. The van der Waals surface area contributed by atoms with Crippen LogP contribution in [0.1, 0.15) is 56.2 Å². The molecule has 0 radical (unpaired) electrons. The number of nitrogens with zero attached hydrogens (tertiary/aromatic N) is 1. The maximum atomic E-state index is 12.4. The highest BCUT2D eigenvalue weighted by atomic mass is 16.5. The van der Waals surface area contributed by atoms with Gasteiger partial charge in [0.2, 0.25) is 0 Å². The third-order valence-electron chi connectivity index (χ3n) is 5.66. The van der Waals surface area contributed by atoms with E-state index in [4.69, 9.17) is 4.74 Å². The van der Waals surface area contributed by atoms with Crippen molar-refractivity contribution in [1.82, 2.24) is 10.2 Å². The summed E-state index contributed by atoms with van der Waals surface area (Å²) in [5.41, 5.74) is 3.51. The van der Waals surface area contributed by atoms with E-state index in [1.807, 2.05) is 18.2 Å². The molecule has 2 aromatic carbocycles. The Hall–Kier alpha value is -2.37. The molecular formula is C25H34N2O3. The topological polar surface area (TPSA) is 61.8 Å². The number of hydrogen-bond acceptors (Lipinski definition) is 4. The van der Waals surface area contributed by atoms with Gasteiger partial charge < -0.3 is 15.2 Å². The number of rotatable bonds is 8. The summed E-state index contributed by atoms with van der Waals surface area (Å²) < 4.78 is 5.83. The first-order chi connectivity index (χ1) is 14.4. The van der Waals surface area contributed by atoms with Crippen molar-refractivity contribution in [2.75, 3.05) is 13.1 Å². The fourth-order valence-electron chi connectivity index (χ4n) is 3.64. The average molecular weight is 411 g/mol. The minimum absolute atomic E-state index is 0.124. The summed E-state index contributed by atoms with van der Waals surface area (Å²) >= 11 is 0. The zero-order valence-electron chi connectivity index (χ0n) is 18.3. The molecule has 2 N–H and O–H groups in total. The predicted octanol–water partition coefficient (Wildman–Crippen LogP) is 3.85. The summed E-state index contributed by atoms with van der Waals surface area (Å²) in [6.07, 6.45) is 1.01. The van der Waals surface area contributed by atoms with Gasteiger partial charge >= 0.3 is 0 Å². The van der Waals surface area contributed by atoms with Crippen molar-refractivity contribution in [1.29, 1.82) is 0 Å². The molecule has 0 aliphatic carbocycles. The van der Waals surface area contributed by atoms with Gasteiger partial charge in [-0.1, -0.05) is 50.2 Å². The molecule has 162 valence electrons. The van der Waals surface area contributed by atoms with E-state index >= 15 is 0 Å². The monoisotopic (exact) mass is 410 g/mol. The predicted molar refractivity (Wildman–Crippen MR) is 119 cm³/mol. The van der Waals surface area contributed by atoms with Crippen LogP contribution in [0.4, 0.5) is 0 Å². The lowest BCUT2D eigenvalue weighted by molar-refractivity contribution is -0.127. The molecule has 1 atom stereocenters. The normalized spacial score (nSPS) is 16.4. The van der Waals surface area contributed by atoms with Crippen molar-refractivity contribution in [3.63, 3.8) is 0 Å². The molecule has 1 amide bonds. The quantitative estimate of drug-likeness (QED) is 0.694. The molecule has 0 spiro atoms. The van der Waals surface area contributed by atoms with Crippen LogP contribution in [0.2, 0.25) is 0 Å². The van der Waals surface area contributed by atoms with Gasteiger partial charge in [0.25, 0.3) is 5.91 Å². The molecule has 1 unspecified atom stereocenters. The smallest absolute Gasteiger partial charge is 0.261 e. The number of likely N-dealkylation sites (tertiary alicyclic amines) is 1. The molecule has 1 fully saturated rings. The summed E-state index contributed by atoms with van der Waals surface area (Å²) in [5, 5.41) is 12.6. The van der Waals surface area contributed by atoms with Crippen LogP contribution in [-0.2, 0) is 17.9 Å². The number of aliphatic hydroxyl groups excluding tert-OH is 1. The first kappa shape index (κ1) is 22.3. The zero-order valence-corrected chi connectivity index (χ0v) is 18.3. The Labute approximate surface area is 180 Å². The fraction of sp³-hybridized carbons (Fsp3) is 0.480. The lowest BCUT2D eigenvalue weighted by Crippen LogP contribution is -2.36. The number of ether oxygens (including phenoxy) is 1. The second-order valence-electron chi connectivity index (χ2n) is 8.53. The first-order valence-electron chi connectivity index (χ1n) is 10.9. The van der Waals surface area contributed by atoms with E-state index in [1.165, 1.54) is 11.1 Å². The highest BCUT2D eigenvalue weighted by Crippen LogP contribution is 2.21. The Morgan fingerprint density at radius 2 is 1.77 bits per heavy atom. The van der Waals surface area contributed by atoms with Gasteiger partial charge in [0.1, 0.15) is 5.75 Å². The SMILES string of the molecule is CC(Oc1cccc(C(C)C)c1)C(=O)NCc1ccc(CN2CCC(O)CC2)cc1. The van der Waals surface area contributed by atoms with E-state index in [1.54, 1.807) is 6.92 Å². The van der Waals surface area contributed by atoms with Gasteiger partial charge in [-0.2, -0.15) is 0 Å². The van der Waals surface area contributed by atoms with Crippen LogP contribution >= 0.6 is 0 Å². The van der Waals surface area contributed by atoms with Crippen LogP contribution in [-0.4, -0.2) is 41.2 Å². The fourth-order valence-corrected chi connectivity index (χ4v) is 3.64. The van der Waals surface area contributed by atoms with Crippen molar-refractivity contribution >= 4 is 5.91 Å². The van der Waals surface area contributed by atoms with Gasteiger partial charge in [-0.05, 0) is 54.5 Å². The van der Waals surface area contributed by atoms with Gasteiger partial charge in [-0.25, -0.2) is 0 Å². The number of hydrogen-bond donors (Lipinski definition) is 2. The third kappa shape index (κ3) is 6.57. The van der Waals surface area contributed by atoms with E-state index < -0.39 is 6.10 Å². The lowest BCUT2D eigenvalue weighted by atomic mass is 10.0. The van der Waals surface area contributed by atoms with Crippen LogP contribution in [0.15, 0.2) is 48.5 Å². The molecule has 5 heteroatoms. The van der Waals surface area contributed by atoms with E-state index in [0.717, 1.165) is 43.8 Å². The summed E-state index contributed by atoms with van der Waals surface area (Å²) in [6, 6.07) is 16.3. The van der Waals surface area contributed by atoms with Crippen LogP contribution in [0, 0.1) is 0 Å². The molecule has 1 saturated heterocycles. The van der Waals surface area contributed by atoms with Gasteiger partial charge in [-0.15, -0.1) is 0 Å². The van der Waals surface area contributed by atoms with E-state index in [9.17, 15) is 9.90 Å². The van der Waals surface area contributed by atoms with Gasteiger partial charge in [0.05, 0.1) is 6.10 Å². The number of carbonyl (C=O) groups excluding carboxylic acids is 1. The molecule has 0 saturated carbocycles. The Balaban J connectivity index is 1.45. The highest BCUT2D eigenvalue weighted by molar-refractivity contribution is 5.80. The Bertz CT molecular complexity index is 811. The second kappa shape index (κ2) is 10.6. The first-order valence-corrected chi connectivity index (χ1v) is 10.9. The summed E-state index contributed by atoms with van der Waals surface area (Å²) in [5.74, 6) is 1.02. The summed E-state index contributed by atoms with van der Waals surface area (Å²) in [4.78, 5) is 14.8. The maximum Gasteiger partial charge on any atom is 0.261 e. The lowest BCUT2D eigenvalue weighted by Gasteiger charge is -2.29. The number of piperidine rings is 1. The third-order valence-corrected chi connectivity index (χ3v) is 5.66. The van der Waals surface area contributed by atoms with Crippen molar-refractivity contribution < 1.29 is 14.6 Å². The number of carbonyl (C=O) groups is 1. The van der Waals surface area contributed by atoms with Crippen molar-refractivity contribution in [3.05, 3.63) is 65.2 Å². The number of nitrogens with one attached hydrogen (secondary N) is 1. The van der Waals surface area contributed by atoms with Crippen LogP contribution < -0.4 is 10.1 Å². The molecule has 0 aromatic heterocycles. The van der Waals surface area contributed by atoms with Crippen LogP contribution in [0.3, 0.4) is 0 Å². The van der Waals surface area contributed by atoms with Crippen molar-refractivity contribution in [2.24, 2.45) is 0 Å². The molecule has 0 bridgehead atoms. The Morgan fingerprint density at radius 1 is 1.10 bits per heavy atom. The number of benzene rings is 2. The number of aliphatic hydroxyl groups is 1. The minimum atomic E-state index is -0.555. The summed E-state index contributed by atoms with van der Waals surface area (Å²) in [7, 11) is 0. The molecule has 1 aliphatic heterocycles. The Kier molecular flexibility index (Phi) is 7.88. The van der Waals surface area contributed by atoms with E-state index in [0.29, 0.717) is 12.5 Å². The molecular weight excluding hydrogens is 376 g/mol. The van der Waals surface area contributed by atoms with E-state index in [2.05, 4.69) is 54.4 Å². The highest BCUT2D eigenvalue weighted by Gasteiger charge is 2.17. The van der Waals surface area contributed by atoms with E-state index in [-0.39, 0.29) is 12.0 Å². The molecule has 1 heterocycles. The molecule has 5 nitrogen and oxygen atoms in total. The number of amides is 1. The molecule has 3 rings (SSSR count). The summed E-state index contributed by atoms with van der Waals surface area (Å²) in [6.45, 7) is 9.31. The standard InChI is InChI=1S/C25H34N2O3/c1-18(2)22-5-4-6-24(15-22)30-19(3)25(29)26-16-20-7-9-21(10-8-20)17-27-13-11-23(28)12-14-27/h4-10,15,18-19,23,28H,11-14,16-17H2,1-3H3,(H,26,29). The molecule has 30 heavy (non-hydrogen) atoms. The minimum Gasteiger partial charge on any atom is -0.481 e. The van der Waals surface area contributed by atoms with Crippen molar-refractivity contribution in [2.45, 2.75) is 64.8 Å². The Morgan fingerprint density at radius 3 is 2.43 bits per heavy atom. The van der Waals surface area contributed by atoms with Crippen LogP contribution in [0.5, 0.6) is 5.75 Å². The van der Waals surface area contributed by atoms with Gasteiger partial charge in [0, 0.05) is 26.2 Å². The van der Waals surface area contributed by atoms with Crippen LogP contribution in [0.25, 0.3) is 0 Å².